The first-order valence-corrected chi connectivity index (χ1v) is 21.7. The standard InChI is InChI=1S/C57H36N4S/c1-3-14-37(15-4-1)43-32-44(38-16-5-2-6-17-38)34-45(33-43)57-59-55(58-56(60-57)42-30-31-50-49-22-9-12-25-53(49)62-54(50)36-42)40-28-26-39(27-29-40)41-18-13-19-46(35-41)61-51-23-10-7-20-47(51)48-21-8-11-24-52(48)61/h1-36H. The second-order valence-corrected chi connectivity index (χ2v) is 16.7. The van der Waals surface area contributed by atoms with Crippen LogP contribution < -0.4 is 0 Å². The van der Waals surface area contributed by atoms with E-state index in [0.29, 0.717) is 17.5 Å². The first-order chi connectivity index (χ1) is 30.7. The van der Waals surface area contributed by atoms with Gasteiger partial charge in [0.1, 0.15) is 0 Å². The van der Waals surface area contributed by atoms with E-state index >= 15 is 0 Å². The lowest BCUT2D eigenvalue weighted by Crippen LogP contribution is -2.00. The highest BCUT2D eigenvalue weighted by Gasteiger charge is 2.17. The molecule has 12 aromatic rings. The molecule has 0 N–H and O–H groups in total. The second kappa shape index (κ2) is 14.9. The maximum absolute atomic E-state index is 5.25. The Kier molecular flexibility index (Phi) is 8.65. The molecule has 0 fully saturated rings. The molecular formula is C57H36N4S. The molecule has 12 rings (SSSR count). The first-order valence-electron chi connectivity index (χ1n) is 20.8. The van der Waals surface area contributed by atoms with Gasteiger partial charge in [0.2, 0.25) is 0 Å². The molecule has 62 heavy (non-hydrogen) atoms. The maximum atomic E-state index is 5.25. The van der Waals surface area contributed by atoms with Gasteiger partial charge >= 0.3 is 0 Å². The van der Waals surface area contributed by atoms with Gasteiger partial charge < -0.3 is 4.57 Å². The van der Waals surface area contributed by atoms with Crippen molar-refractivity contribution in [1.29, 1.82) is 0 Å². The summed E-state index contributed by atoms with van der Waals surface area (Å²) in [6.07, 6.45) is 0. The zero-order valence-corrected chi connectivity index (χ0v) is 34.3. The van der Waals surface area contributed by atoms with Gasteiger partial charge in [0.25, 0.3) is 0 Å². The molecule has 0 saturated heterocycles. The summed E-state index contributed by atoms with van der Waals surface area (Å²) in [4.78, 5) is 15.7. The molecule has 0 bridgehead atoms. The molecule has 3 aromatic heterocycles. The minimum atomic E-state index is 0.624. The first kappa shape index (κ1) is 35.9. The van der Waals surface area contributed by atoms with Crippen molar-refractivity contribution in [3.8, 4) is 73.2 Å². The van der Waals surface area contributed by atoms with Crippen LogP contribution in [-0.2, 0) is 0 Å². The van der Waals surface area contributed by atoms with Crippen molar-refractivity contribution in [2.75, 3.05) is 0 Å². The predicted molar refractivity (Wildman–Crippen MR) is 260 cm³/mol. The molecule has 4 nitrogen and oxygen atoms in total. The average molecular weight is 809 g/mol. The Labute approximate surface area is 362 Å². The Bertz CT molecular complexity index is 3510. The number of thiophene rings is 1. The Hall–Kier alpha value is -7.99. The summed E-state index contributed by atoms with van der Waals surface area (Å²) in [5.41, 5.74) is 13.0. The van der Waals surface area contributed by atoms with E-state index in [0.717, 1.165) is 55.8 Å². The number of hydrogen-bond donors (Lipinski definition) is 0. The van der Waals surface area contributed by atoms with Crippen LogP contribution in [0.15, 0.2) is 218 Å². The number of rotatable bonds is 7. The fourth-order valence-corrected chi connectivity index (χ4v) is 9.96. The fraction of sp³-hybridized carbons (Fsp3) is 0. The van der Waals surface area contributed by atoms with Gasteiger partial charge in [-0.2, -0.15) is 0 Å². The van der Waals surface area contributed by atoms with Crippen molar-refractivity contribution in [3.05, 3.63) is 218 Å². The van der Waals surface area contributed by atoms with E-state index in [-0.39, 0.29) is 0 Å². The van der Waals surface area contributed by atoms with Crippen molar-refractivity contribution < 1.29 is 0 Å². The minimum absolute atomic E-state index is 0.624. The fourth-order valence-electron chi connectivity index (χ4n) is 8.82. The van der Waals surface area contributed by atoms with Crippen molar-refractivity contribution >= 4 is 53.3 Å². The average Bonchev–Trinajstić information content (AvgIpc) is 3.90. The van der Waals surface area contributed by atoms with Crippen LogP contribution in [0.4, 0.5) is 0 Å². The normalized spacial score (nSPS) is 11.5. The molecule has 0 atom stereocenters. The number of nitrogens with zero attached hydrogens (tertiary/aromatic N) is 4. The number of aromatic nitrogens is 4. The molecule has 9 aromatic carbocycles. The lowest BCUT2D eigenvalue weighted by atomic mass is 9.96. The van der Waals surface area contributed by atoms with Gasteiger partial charge in [-0.1, -0.05) is 164 Å². The van der Waals surface area contributed by atoms with Crippen LogP contribution in [0.25, 0.3) is 115 Å². The van der Waals surface area contributed by atoms with Crippen molar-refractivity contribution in [1.82, 2.24) is 19.5 Å². The predicted octanol–water partition coefficient (Wildman–Crippen LogP) is 15.3. The van der Waals surface area contributed by atoms with Crippen LogP contribution >= 0.6 is 11.3 Å². The molecular weight excluding hydrogens is 773 g/mol. The van der Waals surface area contributed by atoms with E-state index in [1.165, 1.54) is 42.0 Å². The van der Waals surface area contributed by atoms with Gasteiger partial charge in [-0.05, 0) is 88.0 Å². The third kappa shape index (κ3) is 6.35. The lowest BCUT2D eigenvalue weighted by molar-refractivity contribution is 1.07. The van der Waals surface area contributed by atoms with Crippen LogP contribution in [0.3, 0.4) is 0 Å². The van der Waals surface area contributed by atoms with E-state index in [1.54, 1.807) is 11.3 Å². The van der Waals surface area contributed by atoms with Crippen LogP contribution in [0.1, 0.15) is 0 Å². The van der Waals surface area contributed by atoms with Gasteiger partial charge in [0.15, 0.2) is 17.5 Å². The minimum Gasteiger partial charge on any atom is -0.309 e. The van der Waals surface area contributed by atoms with E-state index in [4.69, 9.17) is 15.0 Å². The van der Waals surface area contributed by atoms with Crippen molar-refractivity contribution in [2.45, 2.75) is 0 Å². The van der Waals surface area contributed by atoms with E-state index in [9.17, 15) is 0 Å². The Balaban J connectivity index is 0.988. The topological polar surface area (TPSA) is 43.6 Å². The zero-order valence-electron chi connectivity index (χ0n) is 33.5. The largest absolute Gasteiger partial charge is 0.309 e. The Morgan fingerprint density at radius 2 is 0.742 bits per heavy atom. The highest BCUT2D eigenvalue weighted by molar-refractivity contribution is 7.25. The van der Waals surface area contributed by atoms with Crippen LogP contribution in [0.5, 0.6) is 0 Å². The molecule has 0 amide bonds. The highest BCUT2D eigenvalue weighted by Crippen LogP contribution is 2.38. The molecule has 0 saturated carbocycles. The van der Waals surface area contributed by atoms with Gasteiger partial charge in [-0.3, -0.25) is 0 Å². The zero-order chi connectivity index (χ0) is 41.0. The highest BCUT2D eigenvalue weighted by atomic mass is 32.1. The van der Waals surface area contributed by atoms with Gasteiger partial charge in [0, 0.05) is 53.3 Å². The summed E-state index contributed by atoms with van der Waals surface area (Å²) in [6.45, 7) is 0. The molecule has 0 aliphatic heterocycles. The van der Waals surface area contributed by atoms with Crippen LogP contribution in [0.2, 0.25) is 0 Å². The van der Waals surface area contributed by atoms with E-state index in [2.05, 4.69) is 223 Å². The quantitative estimate of drug-likeness (QED) is 0.161. The summed E-state index contributed by atoms with van der Waals surface area (Å²) in [7, 11) is 0. The third-order valence-electron chi connectivity index (χ3n) is 11.8. The Morgan fingerprint density at radius 3 is 1.40 bits per heavy atom. The summed E-state index contributed by atoms with van der Waals surface area (Å²) in [6, 6.07) is 77.6. The molecule has 0 radical (unpaired) electrons. The monoisotopic (exact) mass is 808 g/mol. The van der Waals surface area contributed by atoms with E-state index in [1.807, 2.05) is 0 Å². The van der Waals surface area contributed by atoms with E-state index < -0.39 is 0 Å². The number of benzene rings is 9. The summed E-state index contributed by atoms with van der Waals surface area (Å²) in [5.74, 6) is 1.89. The molecule has 0 spiro atoms. The Morgan fingerprint density at radius 1 is 0.274 bits per heavy atom. The molecule has 0 unspecified atom stereocenters. The molecule has 5 heteroatoms. The smallest absolute Gasteiger partial charge is 0.164 e. The lowest BCUT2D eigenvalue weighted by Gasteiger charge is -2.13. The summed E-state index contributed by atoms with van der Waals surface area (Å²) < 4.78 is 4.84. The van der Waals surface area contributed by atoms with Crippen molar-refractivity contribution in [3.63, 3.8) is 0 Å². The maximum Gasteiger partial charge on any atom is 0.164 e. The third-order valence-corrected chi connectivity index (χ3v) is 13.0. The van der Waals surface area contributed by atoms with Crippen molar-refractivity contribution in [2.24, 2.45) is 0 Å². The van der Waals surface area contributed by atoms with Gasteiger partial charge in [0.05, 0.1) is 11.0 Å². The molecule has 0 aliphatic carbocycles. The number of para-hydroxylation sites is 2. The summed E-state index contributed by atoms with van der Waals surface area (Å²) >= 11 is 1.80. The SMILES string of the molecule is c1ccc(-c2cc(-c3ccccc3)cc(-c3nc(-c4ccc(-c5cccc(-n6c7ccccc7c7ccccc76)c5)cc4)nc(-c4ccc5c(c4)sc4ccccc45)n3)c2)cc1. The van der Waals surface area contributed by atoms with Crippen LogP contribution in [0, 0.1) is 0 Å². The number of fused-ring (bicyclic) bond motifs is 6. The molecule has 0 aliphatic rings. The second-order valence-electron chi connectivity index (χ2n) is 15.6. The molecule has 290 valence electrons. The summed E-state index contributed by atoms with van der Waals surface area (Å²) in [5, 5.41) is 5.01. The van der Waals surface area contributed by atoms with Gasteiger partial charge in [-0.15, -0.1) is 11.3 Å². The van der Waals surface area contributed by atoms with Crippen LogP contribution in [-0.4, -0.2) is 19.5 Å². The number of hydrogen-bond acceptors (Lipinski definition) is 4. The molecule has 3 heterocycles. The van der Waals surface area contributed by atoms with Gasteiger partial charge in [-0.25, -0.2) is 15.0 Å².